The monoisotopic (exact) mass is 295 g/mol. The number of hydrogen-bond donors (Lipinski definition) is 1. The molecular formula is C13H14BrNO2. The molecule has 2 unspecified atom stereocenters. The molecule has 0 aromatic heterocycles. The molecule has 0 amide bonds. The van der Waals surface area contributed by atoms with Crippen LogP contribution in [0, 0.1) is 23.7 Å². The van der Waals surface area contributed by atoms with Crippen LogP contribution in [0.25, 0.3) is 0 Å². The number of halogens is 1. The second kappa shape index (κ2) is 4.77. The van der Waals surface area contributed by atoms with E-state index in [0.29, 0.717) is 19.6 Å². The molecular weight excluding hydrogens is 282 g/mol. The van der Waals surface area contributed by atoms with E-state index in [1.165, 1.54) is 0 Å². The molecule has 0 aliphatic carbocycles. The summed E-state index contributed by atoms with van der Waals surface area (Å²) < 4.78 is 6.20. The van der Waals surface area contributed by atoms with Gasteiger partial charge in [-0.15, -0.1) is 0 Å². The van der Waals surface area contributed by atoms with Gasteiger partial charge in [0.1, 0.15) is 5.41 Å². The van der Waals surface area contributed by atoms with E-state index in [-0.39, 0.29) is 0 Å². The summed E-state index contributed by atoms with van der Waals surface area (Å²) in [4.78, 5) is 0. The normalized spacial score (nSPS) is 25.5. The van der Waals surface area contributed by atoms with Crippen LogP contribution in [0.5, 0.6) is 0 Å². The van der Waals surface area contributed by atoms with Crippen LogP contribution in [-0.2, 0) is 4.74 Å². The van der Waals surface area contributed by atoms with E-state index in [4.69, 9.17) is 4.74 Å². The predicted molar refractivity (Wildman–Crippen MR) is 67.3 cm³/mol. The molecule has 1 N–H and O–H groups in total. The van der Waals surface area contributed by atoms with Crippen molar-refractivity contribution in [3.05, 3.63) is 33.8 Å². The smallest absolute Gasteiger partial charge is 0.113 e. The van der Waals surface area contributed by atoms with E-state index in [2.05, 4.69) is 22.0 Å². The zero-order chi connectivity index (χ0) is 12.5. The van der Waals surface area contributed by atoms with Gasteiger partial charge < -0.3 is 9.84 Å². The van der Waals surface area contributed by atoms with E-state index < -0.39 is 11.5 Å². The van der Waals surface area contributed by atoms with Crippen molar-refractivity contribution in [3.63, 3.8) is 0 Å². The maximum absolute atomic E-state index is 10.4. The zero-order valence-corrected chi connectivity index (χ0v) is 11.2. The fourth-order valence-electron chi connectivity index (χ4n) is 2.04. The number of benzene rings is 1. The van der Waals surface area contributed by atoms with Crippen LogP contribution in [0.1, 0.15) is 23.7 Å². The Bertz CT molecular complexity index is 461. The molecule has 1 aliphatic rings. The topological polar surface area (TPSA) is 53.2 Å². The van der Waals surface area contributed by atoms with E-state index >= 15 is 0 Å². The number of aliphatic hydroxyl groups excluding tert-OH is 1. The lowest BCUT2D eigenvalue weighted by Crippen LogP contribution is -2.27. The zero-order valence-electron chi connectivity index (χ0n) is 9.61. The second-order valence-corrected chi connectivity index (χ2v) is 5.34. The summed E-state index contributed by atoms with van der Waals surface area (Å²) in [6.07, 6.45) is -0.220. The number of nitriles is 1. The molecule has 1 aromatic rings. The second-order valence-electron chi connectivity index (χ2n) is 4.48. The van der Waals surface area contributed by atoms with Crippen molar-refractivity contribution in [2.45, 2.75) is 19.4 Å². The predicted octanol–water partition coefficient (Wildman–Crippen LogP) is 2.72. The molecule has 1 aromatic carbocycles. The number of aliphatic hydroxyl groups is 1. The number of hydrogen-bond acceptors (Lipinski definition) is 3. The highest BCUT2D eigenvalue weighted by atomic mass is 79.9. The Hall–Kier alpha value is -0.890. The Morgan fingerprint density at radius 2 is 2.35 bits per heavy atom. The lowest BCUT2D eigenvalue weighted by atomic mass is 9.79. The van der Waals surface area contributed by atoms with E-state index in [9.17, 15) is 10.4 Å². The minimum absolute atomic E-state index is 0.302. The average molecular weight is 296 g/mol. The van der Waals surface area contributed by atoms with Crippen LogP contribution < -0.4 is 0 Å². The van der Waals surface area contributed by atoms with Gasteiger partial charge in [0, 0.05) is 11.1 Å². The fraction of sp³-hybridized carbons (Fsp3) is 0.462. The van der Waals surface area contributed by atoms with Gasteiger partial charge in [0.05, 0.1) is 18.8 Å². The summed E-state index contributed by atoms with van der Waals surface area (Å²) in [5.74, 6) is 0. The van der Waals surface area contributed by atoms with E-state index in [1.54, 1.807) is 0 Å². The molecule has 4 heteroatoms. The summed E-state index contributed by atoms with van der Waals surface area (Å²) >= 11 is 3.44. The van der Waals surface area contributed by atoms with Crippen molar-refractivity contribution >= 4 is 15.9 Å². The highest BCUT2D eigenvalue weighted by Gasteiger charge is 2.43. The van der Waals surface area contributed by atoms with Crippen LogP contribution in [0.2, 0.25) is 0 Å². The first kappa shape index (κ1) is 12.6. The SMILES string of the molecule is Cc1ccc(C(O)C2(C#N)CCOC2)cc1Br. The molecule has 1 saturated heterocycles. The molecule has 1 aliphatic heterocycles. The number of nitrogens with zero attached hydrogens (tertiary/aromatic N) is 1. The lowest BCUT2D eigenvalue weighted by molar-refractivity contribution is 0.0503. The molecule has 0 bridgehead atoms. The molecule has 0 saturated carbocycles. The Morgan fingerprint density at radius 3 is 2.88 bits per heavy atom. The van der Waals surface area contributed by atoms with Gasteiger partial charge in [0.25, 0.3) is 0 Å². The summed E-state index contributed by atoms with van der Waals surface area (Å²) in [5, 5.41) is 19.6. The van der Waals surface area contributed by atoms with Gasteiger partial charge in [-0.2, -0.15) is 5.26 Å². The number of rotatable bonds is 2. The summed E-state index contributed by atoms with van der Waals surface area (Å²) in [7, 11) is 0. The van der Waals surface area contributed by atoms with Crippen molar-refractivity contribution < 1.29 is 9.84 Å². The lowest BCUT2D eigenvalue weighted by Gasteiger charge is -2.25. The van der Waals surface area contributed by atoms with Crippen molar-refractivity contribution in [2.75, 3.05) is 13.2 Å². The molecule has 17 heavy (non-hydrogen) atoms. The fourth-order valence-corrected chi connectivity index (χ4v) is 2.44. The largest absolute Gasteiger partial charge is 0.387 e. The summed E-state index contributed by atoms with van der Waals surface area (Å²) in [5.41, 5.74) is 1.07. The van der Waals surface area contributed by atoms with Crippen LogP contribution in [0.4, 0.5) is 0 Å². The van der Waals surface area contributed by atoms with Crippen LogP contribution in [-0.4, -0.2) is 18.3 Å². The maximum Gasteiger partial charge on any atom is 0.113 e. The van der Waals surface area contributed by atoms with Gasteiger partial charge >= 0.3 is 0 Å². The third-order valence-corrected chi connectivity index (χ3v) is 4.16. The summed E-state index contributed by atoms with van der Waals surface area (Å²) in [6, 6.07) is 7.89. The Kier molecular flexibility index (Phi) is 3.53. The Balaban J connectivity index is 2.33. The number of aryl methyl sites for hydroxylation is 1. The molecule has 1 heterocycles. The van der Waals surface area contributed by atoms with Crippen LogP contribution >= 0.6 is 15.9 Å². The highest BCUT2D eigenvalue weighted by molar-refractivity contribution is 9.10. The molecule has 0 spiro atoms. The minimum atomic E-state index is -0.799. The first-order valence-corrected chi connectivity index (χ1v) is 6.31. The van der Waals surface area contributed by atoms with Gasteiger partial charge in [-0.05, 0) is 30.5 Å². The molecule has 2 rings (SSSR count). The van der Waals surface area contributed by atoms with E-state index in [0.717, 1.165) is 15.6 Å². The van der Waals surface area contributed by atoms with Crippen molar-refractivity contribution in [2.24, 2.45) is 5.41 Å². The third kappa shape index (κ3) is 2.23. The number of ether oxygens (including phenoxy) is 1. The summed E-state index contributed by atoms with van der Waals surface area (Å²) in [6.45, 7) is 2.83. The van der Waals surface area contributed by atoms with Gasteiger partial charge in [-0.1, -0.05) is 28.1 Å². The molecule has 90 valence electrons. The van der Waals surface area contributed by atoms with Gasteiger partial charge in [-0.25, -0.2) is 0 Å². The maximum atomic E-state index is 10.4. The molecule has 1 fully saturated rings. The van der Waals surface area contributed by atoms with Gasteiger partial charge in [0.2, 0.25) is 0 Å². The van der Waals surface area contributed by atoms with Crippen LogP contribution in [0.15, 0.2) is 22.7 Å². The van der Waals surface area contributed by atoms with Gasteiger partial charge in [0.15, 0.2) is 0 Å². The van der Waals surface area contributed by atoms with Crippen LogP contribution in [0.3, 0.4) is 0 Å². The Morgan fingerprint density at radius 1 is 1.59 bits per heavy atom. The van der Waals surface area contributed by atoms with Gasteiger partial charge in [-0.3, -0.25) is 0 Å². The average Bonchev–Trinajstić information content (AvgIpc) is 2.81. The quantitative estimate of drug-likeness (QED) is 0.913. The first-order valence-electron chi connectivity index (χ1n) is 5.52. The highest BCUT2D eigenvalue weighted by Crippen LogP contribution is 2.41. The van der Waals surface area contributed by atoms with Crippen molar-refractivity contribution in [3.8, 4) is 6.07 Å². The third-order valence-electron chi connectivity index (χ3n) is 3.31. The minimum Gasteiger partial charge on any atom is -0.387 e. The van der Waals surface area contributed by atoms with Crippen molar-refractivity contribution in [1.29, 1.82) is 5.26 Å². The molecule has 2 atom stereocenters. The molecule has 3 nitrogen and oxygen atoms in total. The molecule has 0 radical (unpaired) electrons. The van der Waals surface area contributed by atoms with Crippen molar-refractivity contribution in [1.82, 2.24) is 0 Å². The standard InChI is InChI=1S/C13H14BrNO2/c1-9-2-3-10(6-11(9)14)12(16)13(7-15)4-5-17-8-13/h2-3,6,12,16H,4-5,8H2,1H3. The first-order chi connectivity index (χ1) is 8.09. The Labute approximate surface area is 109 Å². The van der Waals surface area contributed by atoms with E-state index in [1.807, 2.05) is 25.1 Å².